The number of halogens is 3. The fourth-order valence-corrected chi connectivity index (χ4v) is 2.47. The minimum absolute atomic E-state index is 0.146. The first-order chi connectivity index (χ1) is 8.62. The molecule has 0 aromatic heterocycles. The van der Waals surface area contributed by atoms with Crippen LogP contribution < -0.4 is 5.73 Å². The molecule has 6 heteroatoms. The highest BCUT2D eigenvalue weighted by Gasteiger charge is 2.31. The van der Waals surface area contributed by atoms with Crippen LogP contribution in [-0.2, 0) is 6.18 Å². The van der Waals surface area contributed by atoms with Crippen molar-refractivity contribution < 1.29 is 13.2 Å². The predicted octanol–water partition coefficient (Wildman–Crippen LogP) is 4.13. The number of rotatable bonds is 4. The molecule has 0 bridgehead atoms. The van der Waals surface area contributed by atoms with E-state index in [4.69, 9.17) is 11.1 Å². The van der Waals surface area contributed by atoms with Crippen molar-refractivity contribution in [2.45, 2.75) is 37.1 Å². The normalized spacial score (nSPS) is 13.6. The molecule has 1 unspecified atom stereocenters. The molecule has 2 nitrogen and oxygen atoms in total. The first-order valence-corrected chi connectivity index (χ1v) is 6.73. The van der Waals surface area contributed by atoms with Gasteiger partial charge in [0.05, 0.1) is 5.56 Å². The van der Waals surface area contributed by atoms with Gasteiger partial charge in [-0.05, 0) is 24.1 Å². The molecule has 0 aliphatic heterocycles. The lowest BCUT2D eigenvalue weighted by molar-refractivity contribution is -0.137. The second-order valence-corrected chi connectivity index (χ2v) is 6.11. The fraction of sp³-hybridized carbons (Fsp3) is 0.462. The van der Waals surface area contributed by atoms with E-state index in [1.54, 1.807) is 0 Å². The van der Waals surface area contributed by atoms with Crippen molar-refractivity contribution in [1.82, 2.24) is 0 Å². The number of benzene rings is 1. The molecule has 106 valence electrons. The van der Waals surface area contributed by atoms with Crippen LogP contribution in [0.3, 0.4) is 0 Å². The Kier molecular flexibility index (Phi) is 4.90. The van der Waals surface area contributed by atoms with Gasteiger partial charge in [-0.15, -0.1) is 11.8 Å². The van der Waals surface area contributed by atoms with Crippen molar-refractivity contribution >= 4 is 17.6 Å². The molecule has 0 spiro atoms. The van der Waals surface area contributed by atoms with Gasteiger partial charge in [-0.25, -0.2) is 0 Å². The molecule has 1 aromatic carbocycles. The third kappa shape index (κ3) is 4.16. The maximum Gasteiger partial charge on any atom is 0.416 e. The molecular weight excluding hydrogens is 273 g/mol. The maximum absolute atomic E-state index is 12.6. The van der Waals surface area contributed by atoms with Crippen molar-refractivity contribution in [1.29, 1.82) is 5.41 Å². The molecular formula is C13H17F3N2S. The van der Waals surface area contributed by atoms with E-state index in [1.807, 2.05) is 20.8 Å². The van der Waals surface area contributed by atoms with E-state index in [9.17, 15) is 13.2 Å². The summed E-state index contributed by atoms with van der Waals surface area (Å²) in [6.07, 6.45) is -4.42. The predicted molar refractivity (Wildman–Crippen MR) is 72.6 cm³/mol. The minimum Gasteiger partial charge on any atom is -0.384 e. The summed E-state index contributed by atoms with van der Waals surface area (Å²) in [4.78, 5) is 0.613. The number of nitrogens with one attached hydrogen (secondary N) is 1. The SMILES string of the molecule is CC(C)C(C)Sc1ccc(C(F)(F)F)cc1C(=N)N. The molecule has 0 aliphatic carbocycles. The smallest absolute Gasteiger partial charge is 0.384 e. The molecule has 0 fully saturated rings. The van der Waals surface area contributed by atoms with Crippen molar-refractivity contribution in [3.63, 3.8) is 0 Å². The lowest BCUT2D eigenvalue weighted by Crippen LogP contribution is -2.16. The highest BCUT2D eigenvalue weighted by atomic mass is 32.2. The molecule has 0 saturated carbocycles. The van der Waals surface area contributed by atoms with Crippen molar-refractivity contribution in [2.24, 2.45) is 11.7 Å². The van der Waals surface area contributed by atoms with E-state index in [1.165, 1.54) is 17.8 Å². The second kappa shape index (κ2) is 5.86. The van der Waals surface area contributed by atoms with Crippen LogP contribution in [0, 0.1) is 11.3 Å². The average Bonchev–Trinajstić information content (AvgIpc) is 2.27. The van der Waals surface area contributed by atoms with Gasteiger partial charge in [0.15, 0.2) is 0 Å². The number of thioether (sulfide) groups is 1. The highest BCUT2D eigenvalue weighted by molar-refractivity contribution is 8.00. The molecule has 1 atom stereocenters. The Morgan fingerprint density at radius 3 is 2.26 bits per heavy atom. The van der Waals surface area contributed by atoms with Crippen LogP contribution in [0.15, 0.2) is 23.1 Å². The Bertz CT molecular complexity index is 469. The van der Waals surface area contributed by atoms with Crippen LogP contribution in [0.2, 0.25) is 0 Å². The Morgan fingerprint density at radius 1 is 1.26 bits per heavy atom. The fourth-order valence-electron chi connectivity index (χ4n) is 1.36. The van der Waals surface area contributed by atoms with E-state index in [0.29, 0.717) is 10.8 Å². The summed E-state index contributed by atoms with van der Waals surface area (Å²) < 4.78 is 37.9. The van der Waals surface area contributed by atoms with Gasteiger partial charge >= 0.3 is 6.18 Å². The highest BCUT2D eigenvalue weighted by Crippen LogP contribution is 2.35. The lowest BCUT2D eigenvalue weighted by atomic mass is 10.1. The first kappa shape index (κ1) is 15.9. The Morgan fingerprint density at radius 2 is 1.84 bits per heavy atom. The summed E-state index contributed by atoms with van der Waals surface area (Å²) in [6, 6.07) is 3.36. The van der Waals surface area contributed by atoms with Crippen LogP contribution in [0.4, 0.5) is 13.2 Å². The minimum atomic E-state index is -4.42. The zero-order valence-corrected chi connectivity index (χ0v) is 11.8. The first-order valence-electron chi connectivity index (χ1n) is 5.85. The van der Waals surface area contributed by atoms with Crippen LogP contribution in [0.25, 0.3) is 0 Å². The van der Waals surface area contributed by atoms with Crippen LogP contribution >= 0.6 is 11.8 Å². The molecule has 0 heterocycles. The van der Waals surface area contributed by atoms with Gasteiger partial charge in [0.25, 0.3) is 0 Å². The average molecular weight is 290 g/mol. The maximum atomic E-state index is 12.6. The summed E-state index contributed by atoms with van der Waals surface area (Å²) in [7, 11) is 0. The Balaban J connectivity index is 3.16. The number of nitrogens with two attached hydrogens (primary N) is 1. The van der Waals surface area contributed by atoms with Crippen LogP contribution in [0.5, 0.6) is 0 Å². The molecule has 3 N–H and O–H groups in total. The monoisotopic (exact) mass is 290 g/mol. The van der Waals surface area contributed by atoms with Crippen LogP contribution in [0.1, 0.15) is 31.9 Å². The number of hydrogen-bond donors (Lipinski definition) is 2. The summed E-state index contributed by atoms with van der Waals surface area (Å²) in [5, 5.41) is 7.66. The van der Waals surface area contributed by atoms with Crippen molar-refractivity contribution in [3.8, 4) is 0 Å². The number of nitrogen functional groups attached to an aromatic ring is 1. The molecule has 0 saturated heterocycles. The van der Waals surface area contributed by atoms with Crippen LogP contribution in [-0.4, -0.2) is 11.1 Å². The van der Waals surface area contributed by atoms with Gasteiger partial charge in [-0.1, -0.05) is 20.8 Å². The van der Waals surface area contributed by atoms with E-state index in [0.717, 1.165) is 12.1 Å². The van der Waals surface area contributed by atoms with Gasteiger partial charge in [0.1, 0.15) is 5.84 Å². The zero-order chi connectivity index (χ0) is 14.8. The number of alkyl halides is 3. The third-order valence-corrected chi connectivity index (χ3v) is 4.37. The number of hydrogen-bond acceptors (Lipinski definition) is 2. The Labute approximate surface area is 115 Å². The van der Waals surface area contributed by atoms with Gasteiger partial charge in [0.2, 0.25) is 0 Å². The quantitative estimate of drug-likeness (QED) is 0.498. The summed E-state index contributed by atoms with van der Waals surface area (Å²) in [5.41, 5.74) is 4.75. The number of amidine groups is 1. The molecule has 0 aliphatic rings. The zero-order valence-electron chi connectivity index (χ0n) is 11.0. The largest absolute Gasteiger partial charge is 0.416 e. The van der Waals surface area contributed by atoms with E-state index in [-0.39, 0.29) is 16.6 Å². The second-order valence-electron chi connectivity index (χ2n) is 4.69. The van der Waals surface area contributed by atoms with Crippen molar-refractivity contribution in [3.05, 3.63) is 29.3 Å². The summed E-state index contributed by atoms with van der Waals surface area (Å²) >= 11 is 1.44. The third-order valence-electron chi connectivity index (χ3n) is 2.85. The summed E-state index contributed by atoms with van der Waals surface area (Å²) in [5.74, 6) is 0.0386. The van der Waals surface area contributed by atoms with Gasteiger partial charge < -0.3 is 5.73 Å². The lowest BCUT2D eigenvalue weighted by Gasteiger charge is -2.18. The molecule has 1 aromatic rings. The Hall–Kier alpha value is -1.17. The van der Waals surface area contributed by atoms with E-state index < -0.39 is 11.7 Å². The molecule has 1 rings (SSSR count). The molecule has 0 amide bonds. The van der Waals surface area contributed by atoms with E-state index in [2.05, 4.69) is 0 Å². The molecule has 19 heavy (non-hydrogen) atoms. The summed E-state index contributed by atoms with van der Waals surface area (Å²) in [6.45, 7) is 6.07. The van der Waals surface area contributed by atoms with Crippen molar-refractivity contribution in [2.75, 3.05) is 0 Å². The topological polar surface area (TPSA) is 49.9 Å². The molecule has 0 radical (unpaired) electrons. The van der Waals surface area contributed by atoms with Gasteiger partial charge in [0, 0.05) is 15.7 Å². The van der Waals surface area contributed by atoms with Gasteiger partial charge in [-0.3, -0.25) is 5.41 Å². The standard InChI is InChI=1S/C13H17F3N2S/c1-7(2)8(3)19-11-5-4-9(13(14,15)16)6-10(11)12(17)18/h4-8H,1-3H3,(H3,17,18). The van der Waals surface area contributed by atoms with E-state index >= 15 is 0 Å². The van der Waals surface area contributed by atoms with Gasteiger partial charge in [-0.2, -0.15) is 13.2 Å².